The Kier molecular flexibility index (Phi) is 6.42. The zero-order chi connectivity index (χ0) is 22.9. The van der Waals surface area contributed by atoms with Gasteiger partial charge in [-0.3, -0.25) is 9.69 Å². The average molecular weight is 484 g/mol. The molecule has 0 saturated carbocycles. The third-order valence-corrected chi connectivity index (χ3v) is 8.62. The van der Waals surface area contributed by atoms with Crippen molar-refractivity contribution < 1.29 is 14.3 Å². The third-order valence-electron chi connectivity index (χ3n) is 6.61. The van der Waals surface area contributed by atoms with Crippen molar-refractivity contribution in [3.8, 4) is 11.5 Å². The van der Waals surface area contributed by atoms with Crippen molar-refractivity contribution in [3.05, 3.63) is 62.2 Å². The van der Waals surface area contributed by atoms with Gasteiger partial charge in [0, 0.05) is 36.6 Å². The lowest BCUT2D eigenvalue weighted by Crippen LogP contribution is -2.47. The summed E-state index contributed by atoms with van der Waals surface area (Å²) in [6.07, 6.45) is 0. The van der Waals surface area contributed by atoms with Crippen LogP contribution < -0.4 is 14.8 Å². The fourth-order valence-corrected chi connectivity index (χ4v) is 6.33. The van der Waals surface area contributed by atoms with Crippen molar-refractivity contribution in [3.63, 3.8) is 0 Å². The molecular weight excluding hydrogens is 454 g/mol. The quantitative estimate of drug-likeness (QED) is 0.527. The molecular formula is C25H29N3O3S2. The number of nitrogens with zero attached hydrogens (tertiary/aromatic N) is 2. The van der Waals surface area contributed by atoms with E-state index in [-0.39, 0.29) is 18.7 Å². The maximum Gasteiger partial charge on any atom is 0.266 e. The first kappa shape index (κ1) is 22.4. The van der Waals surface area contributed by atoms with Gasteiger partial charge in [0.05, 0.1) is 10.9 Å². The second-order valence-electron chi connectivity index (χ2n) is 8.44. The van der Waals surface area contributed by atoms with Crippen molar-refractivity contribution in [2.24, 2.45) is 0 Å². The molecule has 33 heavy (non-hydrogen) atoms. The van der Waals surface area contributed by atoms with Crippen LogP contribution in [0.1, 0.15) is 44.2 Å². The Morgan fingerprint density at radius 3 is 2.64 bits per heavy atom. The molecule has 174 valence electrons. The van der Waals surface area contributed by atoms with Gasteiger partial charge in [0.1, 0.15) is 5.00 Å². The second kappa shape index (κ2) is 9.46. The third kappa shape index (κ3) is 4.40. The molecule has 6 nitrogen and oxygen atoms in total. The number of amides is 1. The molecule has 2 aromatic heterocycles. The van der Waals surface area contributed by atoms with Crippen molar-refractivity contribution in [2.45, 2.75) is 26.8 Å². The normalized spacial score (nSPS) is 17.3. The van der Waals surface area contributed by atoms with Crippen LogP contribution in [0.4, 0.5) is 5.00 Å². The minimum atomic E-state index is -0.0484. The Morgan fingerprint density at radius 1 is 1.12 bits per heavy atom. The highest BCUT2D eigenvalue weighted by Gasteiger charge is 2.32. The van der Waals surface area contributed by atoms with Gasteiger partial charge in [0.2, 0.25) is 6.79 Å². The van der Waals surface area contributed by atoms with E-state index in [2.05, 4.69) is 48.0 Å². The first-order chi connectivity index (χ1) is 16.0. The van der Waals surface area contributed by atoms with E-state index in [1.807, 2.05) is 23.6 Å². The van der Waals surface area contributed by atoms with Gasteiger partial charge in [0.15, 0.2) is 11.5 Å². The summed E-state index contributed by atoms with van der Waals surface area (Å²) in [4.78, 5) is 19.9. The van der Waals surface area contributed by atoms with E-state index < -0.39 is 0 Å². The van der Waals surface area contributed by atoms with Crippen molar-refractivity contribution >= 4 is 33.6 Å². The number of piperazine rings is 1. The van der Waals surface area contributed by atoms with Crippen LogP contribution in [0.3, 0.4) is 0 Å². The van der Waals surface area contributed by atoms with E-state index in [9.17, 15) is 4.79 Å². The SMILES string of the molecule is CCN1CCN([C@H](c2ccc3c(c2)OCO3)c2c(NC(=O)c3cccs3)sc(C)c2C)CC1. The molecule has 0 spiro atoms. The minimum Gasteiger partial charge on any atom is -0.454 e. The fraction of sp³-hybridized carbons (Fsp3) is 0.400. The largest absolute Gasteiger partial charge is 0.454 e. The molecule has 1 N–H and O–H groups in total. The topological polar surface area (TPSA) is 54.0 Å². The van der Waals surface area contributed by atoms with Crippen LogP contribution in [0.2, 0.25) is 0 Å². The summed E-state index contributed by atoms with van der Waals surface area (Å²) < 4.78 is 11.3. The molecule has 0 unspecified atom stereocenters. The fourth-order valence-electron chi connectivity index (χ4n) is 4.62. The van der Waals surface area contributed by atoms with Gasteiger partial charge in [-0.1, -0.05) is 19.1 Å². The first-order valence-corrected chi connectivity index (χ1v) is 13.1. The molecule has 1 aromatic carbocycles. The Bertz CT molecular complexity index is 1130. The maximum atomic E-state index is 13.0. The number of nitrogens with one attached hydrogen (secondary N) is 1. The highest BCUT2D eigenvalue weighted by molar-refractivity contribution is 7.17. The Morgan fingerprint density at radius 2 is 1.91 bits per heavy atom. The number of anilines is 1. The van der Waals surface area contributed by atoms with E-state index in [0.29, 0.717) is 0 Å². The van der Waals surface area contributed by atoms with Crippen LogP contribution >= 0.6 is 22.7 Å². The molecule has 2 aliphatic rings. The Balaban J connectivity index is 1.56. The van der Waals surface area contributed by atoms with Crippen LogP contribution in [0.25, 0.3) is 0 Å². The molecule has 2 aliphatic heterocycles. The minimum absolute atomic E-state index is 0.0297. The zero-order valence-electron chi connectivity index (χ0n) is 19.2. The molecule has 3 aromatic rings. The monoisotopic (exact) mass is 483 g/mol. The second-order valence-corrected chi connectivity index (χ2v) is 10.6. The number of thiophene rings is 2. The van der Waals surface area contributed by atoms with Gasteiger partial charge >= 0.3 is 0 Å². The molecule has 1 fully saturated rings. The van der Waals surface area contributed by atoms with Gasteiger partial charge in [-0.05, 0) is 55.1 Å². The van der Waals surface area contributed by atoms with Gasteiger partial charge < -0.3 is 19.7 Å². The molecule has 5 rings (SSSR count). The number of ether oxygens (including phenoxy) is 2. The Labute approximate surface area is 202 Å². The number of fused-ring (bicyclic) bond motifs is 1. The van der Waals surface area contributed by atoms with Crippen molar-refractivity contribution in [1.82, 2.24) is 9.80 Å². The van der Waals surface area contributed by atoms with Crippen molar-refractivity contribution in [2.75, 3.05) is 44.8 Å². The van der Waals surface area contributed by atoms with Gasteiger partial charge in [-0.15, -0.1) is 22.7 Å². The van der Waals surface area contributed by atoms with E-state index in [0.717, 1.165) is 59.7 Å². The summed E-state index contributed by atoms with van der Waals surface area (Å²) >= 11 is 3.13. The lowest BCUT2D eigenvalue weighted by molar-refractivity contribution is 0.102. The van der Waals surface area contributed by atoms with Gasteiger partial charge in [0.25, 0.3) is 5.91 Å². The zero-order valence-corrected chi connectivity index (χ0v) is 20.9. The summed E-state index contributed by atoms with van der Waals surface area (Å²) in [5.74, 6) is 1.53. The van der Waals surface area contributed by atoms with Gasteiger partial charge in [-0.25, -0.2) is 0 Å². The molecule has 8 heteroatoms. The number of rotatable bonds is 6. The number of carbonyl (C=O) groups excluding carboxylic acids is 1. The molecule has 4 heterocycles. The van der Waals surface area contributed by atoms with Crippen LogP contribution in [-0.4, -0.2) is 55.2 Å². The van der Waals surface area contributed by atoms with E-state index in [1.54, 1.807) is 11.3 Å². The van der Waals surface area contributed by atoms with Crippen LogP contribution in [0.5, 0.6) is 11.5 Å². The highest BCUT2D eigenvalue weighted by atomic mass is 32.1. The number of carbonyl (C=O) groups is 1. The molecule has 1 atom stereocenters. The number of likely N-dealkylation sites (N-methyl/N-ethyl adjacent to an activating group) is 1. The smallest absolute Gasteiger partial charge is 0.266 e. The predicted octanol–water partition coefficient (Wildman–Crippen LogP) is 5.13. The first-order valence-electron chi connectivity index (χ1n) is 11.4. The van der Waals surface area contributed by atoms with Crippen LogP contribution in [0, 0.1) is 13.8 Å². The average Bonchev–Trinajstić information content (AvgIpc) is 3.58. The number of hydrogen-bond acceptors (Lipinski definition) is 7. The van der Waals surface area contributed by atoms with Crippen LogP contribution in [0.15, 0.2) is 35.7 Å². The van der Waals surface area contributed by atoms with E-state index in [1.165, 1.54) is 27.3 Å². The molecule has 0 bridgehead atoms. The van der Waals surface area contributed by atoms with Crippen LogP contribution in [-0.2, 0) is 0 Å². The summed E-state index contributed by atoms with van der Waals surface area (Å²) in [5, 5.41) is 6.10. The highest BCUT2D eigenvalue weighted by Crippen LogP contribution is 2.45. The summed E-state index contributed by atoms with van der Waals surface area (Å²) in [6, 6.07) is 10.1. The van der Waals surface area contributed by atoms with E-state index in [4.69, 9.17) is 9.47 Å². The summed E-state index contributed by atoms with van der Waals surface area (Å²) in [5.41, 5.74) is 3.59. The standard InChI is InChI=1S/C25H29N3O3S2/c1-4-27-9-11-28(12-10-27)23(18-7-8-19-20(14-18)31-15-30-19)22-16(2)17(3)33-25(22)26-24(29)21-6-5-13-32-21/h5-8,13-14,23H,4,9-12,15H2,1-3H3,(H,26,29)/t23-/m1/s1. The molecule has 1 saturated heterocycles. The maximum absolute atomic E-state index is 13.0. The Hall–Kier alpha value is -2.39. The lowest BCUT2D eigenvalue weighted by Gasteiger charge is -2.39. The number of aryl methyl sites for hydroxylation is 1. The number of hydrogen-bond donors (Lipinski definition) is 1. The van der Waals surface area contributed by atoms with E-state index >= 15 is 0 Å². The van der Waals surface area contributed by atoms with Gasteiger partial charge in [-0.2, -0.15) is 0 Å². The molecule has 0 aliphatic carbocycles. The number of benzene rings is 1. The molecule has 0 radical (unpaired) electrons. The van der Waals surface area contributed by atoms with Crippen molar-refractivity contribution in [1.29, 1.82) is 0 Å². The lowest BCUT2D eigenvalue weighted by atomic mass is 9.94. The molecule has 1 amide bonds. The summed E-state index contributed by atoms with van der Waals surface area (Å²) in [7, 11) is 0. The predicted molar refractivity (Wildman–Crippen MR) is 134 cm³/mol. The summed E-state index contributed by atoms with van der Waals surface area (Å²) in [6.45, 7) is 11.9.